The standard InChI is InChI=1S/C19H19N3O3/c1-3-25-18(23)14-5-4-6-15(10-14)21-19(24)22-16-8-7-13-9-12(2)20-17(13)11-16/h4-8,10-11,20H,2-3,9H2,1H3,(H2,21,22,24). The summed E-state index contributed by atoms with van der Waals surface area (Å²) in [6.07, 6.45) is 0.794. The van der Waals surface area contributed by atoms with Crippen molar-refractivity contribution in [3.8, 4) is 0 Å². The molecular formula is C19H19N3O3. The van der Waals surface area contributed by atoms with Gasteiger partial charge in [-0.2, -0.15) is 0 Å². The molecule has 0 saturated heterocycles. The maximum atomic E-state index is 12.2. The van der Waals surface area contributed by atoms with E-state index in [-0.39, 0.29) is 0 Å². The molecule has 2 aromatic rings. The number of hydrogen-bond donors (Lipinski definition) is 3. The summed E-state index contributed by atoms with van der Waals surface area (Å²) in [5.41, 5.74) is 4.60. The highest BCUT2D eigenvalue weighted by atomic mass is 16.5. The van der Waals surface area contributed by atoms with Crippen molar-refractivity contribution in [1.29, 1.82) is 0 Å². The zero-order valence-electron chi connectivity index (χ0n) is 13.9. The van der Waals surface area contributed by atoms with E-state index in [9.17, 15) is 9.59 Å². The number of hydrogen-bond acceptors (Lipinski definition) is 4. The third-order valence-corrected chi connectivity index (χ3v) is 3.71. The number of rotatable bonds is 4. The van der Waals surface area contributed by atoms with Gasteiger partial charge in [0.05, 0.1) is 12.2 Å². The average molecular weight is 337 g/mol. The van der Waals surface area contributed by atoms with Gasteiger partial charge in [0.15, 0.2) is 0 Å². The molecule has 1 heterocycles. The van der Waals surface area contributed by atoms with Crippen LogP contribution >= 0.6 is 0 Å². The van der Waals surface area contributed by atoms with Gasteiger partial charge in [-0.3, -0.25) is 0 Å². The summed E-state index contributed by atoms with van der Waals surface area (Å²) in [4.78, 5) is 23.9. The molecule has 0 radical (unpaired) electrons. The van der Waals surface area contributed by atoms with Crippen LogP contribution in [0, 0.1) is 0 Å². The zero-order valence-corrected chi connectivity index (χ0v) is 13.9. The molecule has 0 fully saturated rings. The molecular weight excluding hydrogens is 318 g/mol. The monoisotopic (exact) mass is 337 g/mol. The highest BCUT2D eigenvalue weighted by Gasteiger charge is 2.14. The first kappa shape index (κ1) is 16.6. The lowest BCUT2D eigenvalue weighted by atomic mass is 10.1. The van der Waals surface area contributed by atoms with Crippen molar-refractivity contribution in [2.45, 2.75) is 13.3 Å². The Labute approximate surface area is 145 Å². The first-order valence-corrected chi connectivity index (χ1v) is 7.98. The van der Waals surface area contributed by atoms with Crippen molar-refractivity contribution in [3.05, 3.63) is 65.9 Å². The van der Waals surface area contributed by atoms with Crippen LogP contribution in [0.5, 0.6) is 0 Å². The molecule has 0 aromatic heterocycles. The number of esters is 1. The van der Waals surface area contributed by atoms with Crippen LogP contribution in [0.4, 0.5) is 21.9 Å². The fourth-order valence-electron chi connectivity index (χ4n) is 2.62. The van der Waals surface area contributed by atoms with Crippen LogP contribution in [0.15, 0.2) is 54.7 Å². The fraction of sp³-hybridized carbons (Fsp3) is 0.158. The average Bonchev–Trinajstić information content (AvgIpc) is 2.94. The van der Waals surface area contributed by atoms with E-state index in [2.05, 4.69) is 22.5 Å². The van der Waals surface area contributed by atoms with Gasteiger partial charge in [0.25, 0.3) is 0 Å². The Morgan fingerprint density at radius 2 is 1.92 bits per heavy atom. The van der Waals surface area contributed by atoms with Crippen molar-refractivity contribution in [1.82, 2.24) is 0 Å². The highest BCUT2D eigenvalue weighted by Crippen LogP contribution is 2.29. The highest BCUT2D eigenvalue weighted by molar-refractivity contribution is 6.01. The molecule has 3 N–H and O–H groups in total. The van der Waals surface area contributed by atoms with Crippen molar-refractivity contribution in [2.75, 3.05) is 22.6 Å². The van der Waals surface area contributed by atoms with Crippen LogP contribution in [0.3, 0.4) is 0 Å². The number of urea groups is 1. The minimum absolute atomic E-state index is 0.301. The molecule has 0 unspecified atom stereocenters. The minimum atomic E-state index is -0.420. The van der Waals surface area contributed by atoms with Gasteiger partial charge in [0, 0.05) is 29.2 Å². The molecule has 0 saturated carbocycles. The summed E-state index contributed by atoms with van der Waals surface area (Å²) in [6.45, 7) is 5.95. The third-order valence-electron chi connectivity index (χ3n) is 3.71. The van der Waals surface area contributed by atoms with E-state index in [4.69, 9.17) is 4.74 Å². The molecule has 1 aliphatic heterocycles. The van der Waals surface area contributed by atoms with E-state index in [0.717, 1.165) is 23.4 Å². The maximum absolute atomic E-state index is 12.2. The molecule has 6 heteroatoms. The zero-order chi connectivity index (χ0) is 17.8. The normalized spacial score (nSPS) is 12.1. The van der Waals surface area contributed by atoms with E-state index in [0.29, 0.717) is 23.5 Å². The minimum Gasteiger partial charge on any atom is -0.462 e. The lowest BCUT2D eigenvalue weighted by Gasteiger charge is -2.10. The van der Waals surface area contributed by atoms with E-state index >= 15 is 0 Å². The number of carbonyl (C=O) groups excluding carboxylic acids is 2. The van der Waals surface area contributed by atoms with Crippen molar-refractivity contribution in [3.63, 3.8) is 0 Å². The Morgan fingerprint density at radius 3 is 2.68 bits per heavy atom. The topological polar surface area (TPSA) is 79.5 Å². The van der Waals surface area contributed by atoms with Crippen LogP contribution < -0.4 is 16.0 Å². The Hall–Kier alpha value is -3.28. The van der Waals surface area contributed by atoms with Crippen LogP contribution in [-0.2, 0) is 11.2 Å². The van der Waals surface area contributed by atoms with E-state index in [1.165, 1.54) is 0 Å². The molecule has 2 amide bonds. The summed E-state index contributed by atoms with van der Waals surface area (Å²) < 4.78 is 4.95. The second kappa shape index (κ2) is 7.09. The Morgan fingerprint density at radius 1 is 1.16 bits per heavy atom. The molecule has 0 atom stereocenters. The van der Waals surface area contributed by atoms with Crippen LogP contribution in [0.2, 0.25) is 0 Å². The maximum Gasteiger partial charge on any atom is 0.338 e. The molecule has 1 aliphatic rings. The number of anilines is 3. The second-order valence-electron chi connectivity index (χ2n) is 5.66. The smallest absolute Gasteiger partial charge is 0.338 e. The second-order valence-corrected chi connectivity index (χ2v) is 5.66. The molecule has 3 rings (SSSR count). The summed E-state index contributed by atoms with van der Waals surface area (Å²) in [5, 5.41) is 8.66. The number of ether oxygens (including phenoxy) is 1. The molecule has 0 aliphatic carbocycles. The number of benzene rings is 2. The van der Waals surface area contributed by atoms with Crippen molar-refractivity contribution < 1.29 is 14.3 Å². The first-order chi connectivity index (χ1) is 12.0. The Balaban J connectivity index is 1.65. The first-order valence-electron chi connectivity index (χ1n) is 7.98. The predicted molar refractivity (Wildman–Crippen MR) is 97.9 cm³/mol. The van der Waals surface area contributed by atoms with Crippen LogP contribution in [-0.4, -0.2) is 18.6 Å². The number of carbonyl (C=O) groups is 2. The molecule has 2 aromatic carbocycles. The van der Waals surface area contributed by atoms with Gasteiger partial charge < -0.3 is 20.7 Å². The van der Waals surface area contributed by atoms with Crippen molar-refractivity contribution >= 4 is 29.1 Å². The van der Waals surface area contributed by atoms with Gasteiger partial charge in [-0.15, -0.1) is 0 Å². The third kappa shape index (κ3) is 3.98. The van der Waals surface area contributed by atoms with Gasteiger partial charge in [-0.25, -0.2) is 9.59 Å². The lowest BCUT2D eigenvalue weighted by molar-refractivity contribution is 0.0526. The SMILES string of the molecule is C=C1Cc2ccc(NC(=O)Nc3cccc(C(=O)OCC)c3)cc2N1. The van der Waals surface area contributed by atoms with Crippen LogP contribution in [0.1, 0.15) is 22.8 Å². The molecule has 6 nitrogen and oxygen atoms in total. The Bertz CT molecular complexity index is 846. The number of fused-ring (bicyclic) bond motifs is 1. The molecule has 128 valence electrons. The van der Waals surface area contributed by atoms with E-state index in [1.807, 2.05) is 18.2 Å². The Kier molecular flexibility index (Phi) is 4.70. The van der Waals surface area contributed by atoms with E-state index in [1.54, 1.807) is 31.2 Å². The van der Waals surface area contributed by atoms with Crippen molar-refractivity contribution in [2.24, 2.45) is 0 Å². The number of amides is 2. The summed E-state index contributed by atoms with van der Waals surface area (Å²) in [7, 11) is 0. The van der Waals surface area contributed by atoms with E-state index < -0.39 is 12.0 Å². The molecule has 25 heavy (non-hydrogen) atoms. The predicted octanol–water partition coefficient (Wildman–Crippen LogP) is 3.99. The van der Waals surface area contributed by atoms with Gasteiger partial charge >= 0.3 is 12.0 Å². The quantitative estimate of drug-likeness (QED) is 0.737. The number of allylic oxidation sites excluding steroid dienone is 1. The summed E-state index contributed by atoms with van der Waals surface area (Å²) >= 11 is 0. The fourth-order valence-corrected chi connectivity index (χ4v) is 2.62. The molecule has 0 bridgehead atoms. The lowest BCUT2D eigenvalue weighted by Crippen LogP contribution is -2.19. The summed E-state index contributed by atoms with van der Waals surface area (Å²) in [5.74, 6) is -0.420. The van der Waals surface area contributed by atoms with Gasteiger partial charge in [-0.05, 0) is 42.8 Å². The van der Waals surface area contributed by atoms with Crippen LogP contribution in [0.25, 0.3) is 0 Å². The largest absolute Gasteiger partial charge is 0.462 e. The summed E-state index contributed by atoms with van der Waals surface area (Å²) in [6, 6.07) is 11.9. The van der Waals surface area contributed by atoms with Gasteiger partial charge in [0.2, 0.25) is 0 Å². The van der Waals surface area contributed by atoms with Gasteiger partial charge in [-0.1, -0.05) is 18.7 Å². The molecule has 0 spiro atoms. The number of nitrogens with one attached hydrogen (secondary N) is 3. The van der Waals surface area contributed by atoms with Gasteiger partial charge in [0.1, 0.15) is 0 Å².